The Labute approximate surface area is 80.4 Å². The third-order valence-electron chi connectivity index (χ3n) is 1.77. The van der Waals surface area contributed by atoms with Gasteiger partial charge in [0.1, 0.15) is 11.8 Å². The van der Waals surface area contributed by atoms with Gasteiger partial charge in [0, 0.05) is 10.4 Å². The molecule has 62 valence electrons. The van der Waals surface area contributed by atoms with Gasteiger partial charge in [0.15, 0.2) is 0 Å². The number of aromatic nitrogens is 1. The van der Waals surface area contributed by atoms with E-state index in [0.717, 1.165) is 10.9 Å². The van der Waals surface area contributed by atoms with Crippen molar-refractivity contribution in [3.05, 3.63) is 41.0 Å². The van der Waals surface area contributed by atoms with Crippen molar-refractivity contribution < 1.29 is 0 Å². The molecule has 2 nitrogen and oxygen atoms in total. The van der Waals surface area contributed by atoms with Gasteiger partial charge < -0.3 is 0 Å². The van der Waals surface area contributed by atoms with Crippen molar-refractivity contribution >= 4 is 22.5 Å². The number of nitrogens with zero attached hydrogens (tertiary/aromatic N) is 2. The molecule has 13 heavy (non-hydrogen) atoms. The second-order valence-corrected chi connectivity index (χ2v) is 3.08. The summed E-state index contributed by atoms with van der Waals surface area (Å²) in [5.41, 5.74) is 1.17. The lowest BCUT2D eigenvalue weighted by atomic mass is 10.2. The second-order valence-electron chi connectivity index (χ2n) is 2.65. The van der Waals surface area contributed by atoms with Gasteiger partial charge >= 0.3 is 0 Å². The number of hydrogen-bond acceptors (Lipinski definition) is 2. The molecule has 0 amide bonds. The number of halogens is 1. The smallest absolute Gasteiger partial charge is 0.141 e. The zero-order chi connectivity index (χ0) is 9.26. The van der Waals surface area contributed by atoms with Crippen molar-refractivity contribution in [3.8, 4) is 6.07 Å². The molecule has 1 aromatic carbocycles. The van der Waals surface area contributed by atoms with Crippen molar-refractivity contribution in [2.45, 2.75) is 0 Å². The van der Waals surface area contributed by atoms with Gasteiger partial charge in [-0.05, 0) is 24.3 Å². The summed E-state index contributed by atoms with van der Waals surface area (Å²) in [7, 11) is 0. The van der Waals surface area contributed by atoms with Crippen molar-refractivity contribution in [2.75, 3.05) is 0 Å². The fourth-order valence-corrected chi connectivity index (χ4v) is 1.32. The summed E-state index contributed by atoms with van der Waals surface area (Å²) >= 11 is 5.79. The molecule has 2 rings (SSSR count). The molecule has 1 aromatic heterocycles. The SMILES string of the molecule is N#Cc1ccc2ccc(Cl)cc2n1. The molecule has 0 radical (unpaired) electrons. The van der Waals surface area contributed by atoms with Gasteiger partial charge in [0.2, 0.25) is 0 Å². The Morgan fingerprint density at radius 3 is 2.77 bits per heavy atom. The van der Waals surface area contributed by atoms with Crippen LogP contribution in [0.5, 0.6) is 0 Å². The number of rotatable bonds is 0. The summed E-state index contributed by atoms with van der Waals surface area (Å²) in [5.74, 6) is 0. The first-order chi connectivity index (χ1) is 6.29. The highest BCUT2D eigenvalue weighted by molar-refractivity contribution is 6.31. The molecule has 0 saturated carbocycles. The molecule has 0 aliphatic rings. The van der Waals surface area contributed by atoms with Crippen LogP contribution >= 0.6 is 11.6 Å². The van der Waals surface area contributed by atoms with Gasteiger partial charge in [0.05, 0.1) is 5.52 Å². The minimum atomic E-state index is 0.412. The molecule has 0 atom stereocenters. The average molecular weight is 189 g/mol. The highest BCUT2D eigenvalue weighted by Gasteiger charge is 1.97. The Bertz CT molecular complexity index is 500. The molecule has 0 unspecified atom stereocenters. The highest BCUT2D eigenvalue weighted by Crippen LogP contribution is 2.17. The minimum Gasteiger partial charge on any atom is -0.237 e. The number of nitriles is 1. The first kappa shape index (κ1) is 8.03. The summed E-state index contributed by atoms with van der Waals surface area (Å²) in [5, 5.41) is 10.2. The zero-order valence-electron chi connectivity index (χ0n) is 6.66. The summed E-state index contributed by atoms with van der Waals surface area (Å²) in [6.07, 6.45) is 0. The van der Waals surface area contributed by atoms with E-state index in [2.05, 4.69) is 4.98 Å². The maximum Gasteiger partial charge on any atom is 0.141 e. The Morgan fingerprint density at radius 2 is 2.00 bits per heavy atom. The molecule has 0 saturated heterocycles. The zero-order valence-corrected chi connectivity index (χ0v) is 7.42. The molecule has 0 aliphatic heterocycles. The van der Waals surface area contributed by atoms with E-state index in [9.17, 15) is 0 Å². The Kier molecular flexibility index (Phi) is 1.88. The maximum absolute atomic E-state index is 8.62. The standard InChI is InChI=1S/C10H5ClN2/c11-8-3-1-7-2-4-9(6-12)13-10(7)5-8/h1-5H. The summed E-state index contributed by atoms with van der Waals surface area (Å²) in [4.78, 5) is 4.11. The molecule has 0 N–H and O–H groups in total. The topological polar surface area (TPSA) is 36.7 Å². The number of benzene rings is 1. The van der Waals surface area contributed by atoms with E-state index < -0.39 is 0 Å². The fraction of sp³-hybridized carbons (Fsp3) is 0. The lowest BCUT2D eigenvalue weighted by Gasteiger charge is -1.96. The van der Waals surface area contributed by atoms with E-state index in [1.165, 1.54) is 0 Å². The molecular weight excluding hydrogens is 184 g/mol. The molecule has 0 spiro atoms. The largest absolute Gasteiger partial charge is 0.237 e. The van der Waals surface area contributed by atoms with Gasteiger partial charge in [0.25, 0.3) is 0 Å². The first-order valence-corrected chi connectivity index (χ1v) is 4.14. The van der Waals surface area contributed by atoms with E-state index in [1.54, 1.807) is 18.2 Å². The van der Waals surface area contributed by atoms with Crippen molar-refractivity contribution in [3.63, 3.8) is 0 Å². The lowest BCUT2D eigenvalue weighted by molar-refractivity contribution is 1.33. The quantitative estimate of drug-likeness (QED) is 0.638. The normalized spacial score (nSPS) is 9.85. The number of hydrogen-bond donors (Lipinski definition) is 0. The Balaban J connectivity index is 2.77. The average Bonchev–Trinajstić information content (AvgIpc) is 2.16. The van der Waals surface area contributed by atoms with Gasteiger partial charge in [-0.15, -0.1) is 0 Å². The Morgan fingerprint density at radius 1 is 1.23 bits per heavy atom. The van der Waals surface area contributed by atoms with Crippen LogP contribution in [-0.4, -0.2) is 4.98 Å². The van der Waals surface area contributed by atoms with Gasteiger partial charge in [-0.3, -0.25) is 0 Å². The van der Waals surface area contributed by atoms with E-state index in [0.29, 0.717) is 10.7 Å². The van der Waals surface area contributed by atoms with Crippen LogP contribution in [0.3, 0.4) is 0 Å². The Hall–Kier alpha value is -1.59. The molecule has 3 heteroatoms. The predicted molar refractivity (Wildman–Crippen MR) is 51.5 cm³/mol. The van der Waals surface area contributed by atoms with Crippen LogP contribution < -0.4 is 0 Å². The van der Waals surface area contributed by atoms with Crippen LogP contribution in [-0.2, 0) is 0 Å². The monoisotopic (exact) mass is 188 g/mol. The maximum atomic E-state index is 8.62. The van der Waals surface area contributed by atoms with Crippen LogP contribution in [0.1, 0.15) is 5.69 Å². The van der Waals surface area contributed by atoms with Gasteiger partial charge in [-0.2, -0.15) is 5.26 Å². The van der Waals surface area contributed by atoms with Gasteiger partial charge in [-0.1, -0.05) is 17.7 Å². The minimum absolute atomic E-state index is 0.412. The van der Waals surface area contributed by atoms with Crippen molar-refractivity contribution in [1.82, 2.24) is 4.98 Å². The summed E-state index contributed by atoms with van der Waals surface area (Å²) in [6.45, 7) is 0. The van der Waals surface area contributed by atoms with Crippen molar-refractivity contribution in [2.24, 2.45) is 0 Å². The van der Waals surface area contributed by atoms with Crippen LogP contribution in [0, 0.1) is 11.3 Å². The van der Waals surface area contributed by atoms with Crippen LogP contribution in [0.15, 0.2) is 30.3 Å². The van der Waals surface area contributed by atoms with Crippen molar-refractivity contribution in [1.29, 1.82) is 5.26 Å². The molecule has 0 bridgehead atoms. The van der Waals surface area contributed by atoms with Crippen LogP contribution in [0.4, 0.5) is 0 Å². The van der Waals surface area contributed by atoms with Gasteiger partial charge in [-0.25, -0.2) is 4.98 Å². The molecule has 1 heterocycles. The molecule has 2 aromatic rings. The van der Waals surface area contributed by atoms with E-state index in [-0.39, 0.29) is 0 Å². The second kappa shape index (κ2) is 3.04. The van der Waals surface area contributed by atoms with E-state index in [1.807, 2.05) is 18.2 Å². The third-order valence-corrected chi connectivity index (χ3v) is 2.00. The van der Waals surface area contributed by atoms with E-state index in [4.69, 9.17) is 16.9 Å². The summed E-state index contributed by atoms with van der Waals surface area (Å²) < 4.78 is 0. The van der Waals surface area contributed by atoms with Crippen LogP contribution in [0.2, 0.25) is 5.02 Å². The first-order valence-electron chi connectivity index (χ1n) is 3.76. The number of fused-ring (bicyclic) bond motifs is 1. The van der Waals surface area contributed by atoms with Crippen LogP contribution in [0.25, 0.3) is 10.9 Å². The predicted octanol–water partition coefficient (Wildman–Crippen LogP) is 2.76. The van der Waals surface area contributed by atoms with E-state index >= 15 is 0 Å². The number of pyridine rings is 1. The summed E-state index contributed by atoms with van der Waals surface area (Å²) in [6, 6.07) is 11.0. The highest BCUT2D eigenvalue weighted by atomic mass is 35.5. The third kappa shape index (κ3) is 1.47. The lowest BCUT2D eigenvalue weighted by Crippen LogP contribution is -1.83. The fourth-order valence-electron chi connectivity index (χ4n) is 1.15. The molecule has 0 aliphatic carbocycles. The molecular formula is C10H5ClN2. The molecule has 0 fully saturated rings.